The van der Waals surface area contributed by atoms with Crippen LogP contribution in [0.1, 0.15) is 22.6 Å². The molecule has 2 nitrogen and oxygen atoms in total. The van der Waals surface area contributed by atoms with Gasteiger partial charge in [-0.05, 0) is 35.7 Å². The third kappa shape index (κ3) is 2.36. The normalized spacial score (nSPS) is 16.1. The van der Waals surface area contributed by atoms with Crippen LogP contribution in [0.25, 0.3) is 0 Å². The second kappa shape index (κ2) is 5.07. The van der Waals surface area contributed by atoms with Gasteiger partial charge < -0.3 is 5.32 Å². The van der Waals surface area contributed by atoms with Crippen molar-refractivity contribution in [2.75, 3.05) is 11.9 Å². The molecule has 0 aliphatic heterocycles. The molecule has 0 saturated carbocycles. The smallest absolute Gasteiger partial charge is 0.101 e. The number of nitriles is 1. The number of rotatable bonds is 3. The van der Waals surface area contributed by atoms with Crippen LogP contribution in [-0.4, -0.2) is 6.54 Å². The van der Waals surface area contributed by atoms with Crippen LogP contribution in [0.15, 0.2) is 46.9 Å². The van der Waals surface area contributed by atoms with Crippen molar-refractivity contribution in [1.82, 2.24) is 0 Å². The average molecular weight is 313 g/mol. The Hall–Kier alpha value is -1.79. The molecule has 0 aromatic heterocycles. The SMILES string of the molecule is N#Cc1ccc(Br)cc1NCC1Cc2ccccc21. The minimum absolute atomic E-state index is 0.557. The molecule has 3 rings (SSSR count). The summed E-state index contributed by atoms with van der Waals surface area (Å²) in [5, 5.41) is 12.5. The van der Waals surface area contributed by atoms with E-state index in [0.29, 0.717) is 11.5 Å². The van der Waals surface area contributed by atoms with E-state index in [-0.39, 0.29) is 0 Å². The van der Waals surface area contributed by atoms with Crippen LogP contribution in [0, 0.1) is 11.3 Å². The molecule has 1 aliphatic carbocycles. The zero-order chi connectivity index (χ0) is 13.2. The predicted octanol–water partition coefficient (Wildman–Crippen LogP) is 4.07. The van der Waals surface area contributed by atoms with Crippen molar-refractivity contribution >= 4 is 21.6 Å². The van der Waals surface area contributed by atoms with Crippen molar-refractivity contribution in [2.45, 2.75) is 12.3 Å². The molecule has 19 heavy (non-hydrogen) atoms. The molecule has 2 aromatic rings. The Morgan fingerprint density at radius 2 is 2.11 bits per heavy atom. The van der Waals surface area contributed by atoms with Crippen molar-refractivity contribution in [2.24, 2.45) is 0 Å². The fraction of sp³-hybridized carbons (Fsp3) is 0.188. The van der Waals surface area contributed by atoms with Crippen molar-refractivity contribution in [3.05, 3.63) is 63.6 Å². The van der Waals surface area contributed by atoms with Gasteiger partial charge in [0.05, 0.1) is 11.3 Å². The van der Waals surface area contributed by atoms with E-state index >= 15 is 0 Å². The Morgan fingerprint density at radius 3 is 2.89 bits per heavy atom. The largest absolute Gasteiger partial charge is 0.383 e. The molecule has 1 aliphatic rings. The van der Waals surface area contributed by atoms with Crippen LogP contribution >= 0.6 is 15.9 Å². The van der Waals surface area contributed by atoms with Gasteiger partial charge in [0.25, 0.3) is 0 Å². The summed E-state index contributed by atoms with van der Waals surface area (Å²) in [5.41, 5.74) is 4.48. The summed E-state index contributed by atoms with van der Waals surface area (Å²) in [6, 6.07) is 16.5. The van der Waals surface area contributed by atoms with Crippen LogP contribution in [0.4, 0.5) is 5.69 Å². The molecule has 1 atom stereocenters. The van der Waals surface area contributed by atoms with Gasteiger partial charge in [0.15, 0.2) is 0 Å². The topological polar surface area (TPSA) is 35.8 Å². The first-order chi connectivity index (χ1) is 9.28. The summed E-state index contributed by atoms with van der Waals surface area (Å²) in [6.45, 7) is 0.877. The van der Waals surface area contributed by atoms with E-state index in [2.05, 4.69) is 51.6 Å². The van der Waals surface area contributed by atoms with Gasteiger partial charge in [0.2, 0.25) is 0 Å². The molecule has 1 unspecified atom stereocenters. The van der Waals surface area contributed by atoms with E-state index in [1.807, 2.05) is 18.2 Å². The summed E-state index contributed by atoms with van der Waals surface area (Å²) >= 11 is 3.44. The van der Waals surface area contributed by atoms with Crippen LogP contribution in [-0.2, 0) is 6.42 Å². The van der Waals surface area contributed by atoms with E-state index in [4.69, 9.17) is 5.26 Å². The summed E-state index contributed by atoms with van der Waals surface area (Å²) in [4.78, 5) is 0. The number of fused-ring (bicyclic) bond motifs is 1. The number of hydrogen-bond donors (Lipinski definition) is 1. The van der Waals surface area contributed by atoms with Gasteiger partial charge >= 0.3 is 0 Å². The van der Waals surface area contributed by atoms with E-state index in [1.165, 1.54) is 11.1 Å². The fourth-order valence-electron chi connectivity index (χ4n) is 2.54. The molecule has 0 saturated heterocycles. The molecule has 1 N–H and O–H groups in total. The maximum Gasteiger partial charge on any atom is 0.101 e. The van der Waals surface area contributed by atoms with Crippen molar-refractivity contribution < 1.29 is 0 Å². The van der Waals surface area contributed by atoms with Crippen molar-refractivity contribution in [3.63, 3.8) is 0 Å². The first-order valence-corrected chi connectivity index (χ1v) is 7.08. The first-order valence-electron chi connectivity index (χ1n) is 6.29. The van der Waals surface area contributed by atoms with Crippen LogP contribution in [0.5, 0.6) is 0 Å². The van der Waals surface area contributed by atoms with Gasteiger partial charge in [-0.3, -0.25) is 0 Å². The maximum atomic E-state index is 9.10. The number of hydrogen-bond acceptors (Lipinski definition) is 2. The lowest BCUT2D eigenvalue weighted by Gasteiger charge is -2.30. The summed E-state index contributed by atoms with van der Waals surface area (Å²) in [6.07, 6.45) is 1.12. The molecule has 0 fully saturated rings. The monoisotopic (exact) mass is 312 g/mol. The van der Waals surface area contributed by atoms with Gasteiger partial charge in [-0.1, -0.05) is 40.2 Å². The quantitative estimate of drug-likeness (QED) is 0.927. The molecule has 0 bridgehead atoms. The maximum absolute atomic E-state index is 9.10. The molecule has 94 valence electrons. The number of nitrogens with one attached hydrogen (secondary N) is 1. The number of benzene rings is 2. The third-order valence-corrected chi connectivity index (χ3v) is 4.10. The Kier molecular flexibility index (Phi) is 3.27. The lowest BCUT2D eigenvalue weighted by atomic mass is 9.77. The highest BCUT2D eigenvalue weighted by atomic mass is 79.9. The molecule has 0 heterocycles. The summed E-state index contributed by atoms with van der Waals surface area (Å²) in [5.74, 6) is 0.557. The molecular formula is C16H13BrN2. The van der Waals surface area contributed by atoms with E-state index < -0.39 is 0 Å². The molecule has 2 aromatic carbocycles. The first kappa shape index (κ1) is 12.3. The number of halogens is 1. The standard InChI is InChI=1S/C16H13BrN2/c17-14-6-5-12(9-18)16(8-14)19-10-13-7-11-3-1-2-4-15(11)13/h1-6,8,13,19H,7,10H2. The number of anilines is 1. The highest BCUT2D eigenvalue weighted by molar-refractivity contribution is 9.10. The van der Waals surface area contributed by atoms with Gasteiger partial charge in [0.1, 0.15) is 6.07 Å². The summed E-state index contributed by atoms with van der Waals surface area (Å²) < 4.78 is 0.989. The highest BCUT2D eigenvalue weighted by Crippen LogP contribution is 2.35. The van der Waals surface area contributed by atoms with Crippen LogP contribution in [0.2, 0.25) is 0 Å². The molecular weight excluding hydrogens is 300 g/mol. The Balaban J connectivity index is 1.72. The van der Waals surface area contributed by atoms with Crippen LogP contribution in [0.3, 0.4) is 0 Å². The van der Waals surface area contributed by atoms with Crippen molar-refractivity contribution in [3.8, 4) is 6.07 Å². The Bertz CT molecular complexity index is 658. The minimum Gasteiger partial charge on any atom is -0.383 e. The molecule has 0 radical (unpaired) electrons. The van der Waals surface area contributed by atoms with E-state index in [0.717, 1.165) is 23.1 Å². The molecule has 0 amide bonds. The lowest BCUT2D eigenvalue weighted by molar-refractivity contribution is 0.635. The van der Waals surface area contributed by atoms with Gasteiger partial charge in [-0.15, -0.1) is 0 Å². The zero-order valence-electron chi connectivity index (χ0n) is 10.4. The Labute approximate surface area is 121 Å². The third-order valence-electron chi connectivity index (χ3n) is 3.60. The summed E-state index contributed by atoms with van der Waals surface area (Å²) in [7, 11) is 0. The Morgan fingerprint density at radius 1 is 1.26 bits per heavy atom. The minimum atomic E-state index is 0.557. The van der Waals surface area contributed by atoms with E-state index in [1.54, 1.807) is 0 Å². The number of nitrogens with zero attached hydrogens (tertiary/aromatic N) is 1. The molecule has 0 spiro atoms. The fourth-order valence-corrected chi connectivity index (χ4v) is 2.90. The second-order valence-electron chi connectivity index (χ2n) is 4.78. The lowest BCUT2D eigenvalue weighted by Crippen LogP contribution is -2.24. The van der Waals surface area contributed by atoms with Gasteiger partial charge in [-0.25, -0.2) is 0 Å². The van der Waals surface area contributed by atoms with E-state index in [9.17, 15) is 0 Å². The van der Waals surface area contributed by atoms with Crippen LogP contribution < -0.4 is 5.32 Å². The predicted molar refractivity (Wildman–Crippen MR) is 80.2 cm³/mol. The second-order valence-corrected chi connectivity index (χ2v) is 5.70. The van der Waals surface area contributed by atoms with Crippen molar-refractivity contribution in [1.29, 1.82) is 5.26 Å². The molecule has 3 heteroatoms. The zero-order valence-corrected chi connectivity index (χ0v) is 11.9. The van der Waals surface area contributed by atoms with Gasteiger partial charge in [-0.2, -0.15) is 5.26 Å². The van der Waals surface area contributed by atoms with Gasteiger partial charge in [0, 0.05) is 16.9 Å². The highest BCUT2D eigenvalue weighted by Gasteiger charge is 2.25. The average Bonchev–Trinajstić information content (AvgIpc) is 2.40.